The number of fused-ring (bicyclic) bond motifs is 1. The van der Waals surface area contributed by atoms with Gasteiger partial charge in [-0.25, -0.2) is 4.98 Å². The normalized spacial score (nSPS) is 12.0. The first-order valence-corrected chi connectivity index (χ1v) is 6.59. The van der Waals surface area contributed by atoms with E-state index >= 15 is 0 Å². The standard InChI is InChI=1S/C14H10F3N3O4/c1-19-8-18-12-11(19)6-7-20(13(12)21)10-4-2-9(3-5-10)14(22-15,23-16)24-17/h2-8H,1H3. The van der Waals surface area contributed by atoms with E-state index in [0.717, 1.165) is 12.1 Å². The Kier molecular flexibility index (Phi) is 4.09. The summed E-state index contributed by atoms with van der Waals surface area (Å²) >= 11 is 0. The Hall–Kier alpha value is -2.69. The summed E-state index contributed by atoms with van der Waals surface area (Å²) in [6.07, 6.45) is 3.02. The Balaban J connectivity index is 2.06. The zero-order chi connectivity index (χ0) is 17.3. The molecule has 0 saturated carbocycles. The number of pyridine rings is 1. The summed E-state index contributed by atoms with van der Waals surface area (Å²) < 4.78 is 40.1. The number of halogens is 3. The summed E-state index contributed by atoms with van der Waals surface area (Å²) in [4.78, 5) is 25.7. The van der Waals surface area contributed by atoms with E-state index < -0.39 is 17.1 Å². The zero-order valence-electron chi connectivity index (χ0n) is 12.1. The molecule has 0 aliphatic carbocycles. The fourth-order valence-corrected chi connectivity index (χ4v) is 2.33. The highest BCUT2D eigenvalue weighted by Crippen LogP contribution is 2.30. The number of benzene rings is 1. The van der Waals surface area contributed by atoms with Crippen LogP contribution in [0.15, 0.2) is 47.7 Å². The number of hydrogen-bond donors (Lipinski definition) is 0. The van der Waals surface area contributed by atoms with Crippen LogP contribution in [0.2, 0.25) is 0 Å². The minimum Gasteiger partial charge on any atom is -0.334 e. The van der Waals surface area contributed by atoms with Crippen molar-refractivity contribution in [2.75, 3.05) is 0 Å². The maximum Gasteiger partial charge on any atom is 0.407 e. The number of nitrogens with zero attached hydrogens (tertiary/aromatic N) is 3. The first kappa shape index (κ1) is 16.2. The molecule has 0 bridgehead atoms. The van der Waals surface area contributed by atoms with E-state index in [1.165, 1.54) is 29.2 Å². The molecule has 1 aromatic carbocycles. The molecule has 24 heavy (non-hydrogen) atoms. The smallest absolute Gasteiger partial charge is 0.334 e. The molecule has 2 aromatic heterocycles. The average molecular weight is 341 g/mol. The first-order valence-electron chi connectivity index (χ1n) is 6.59. The van der Waals surface area contributed by atoms with Crippen LogP contribution in [0.1, 0.15) is 5.56 Å². The summed E-state index contributed by atoms with van der Waals surface area (Å²) in [6, 6.07) is 6.43. The summed E-state index contributed by atoms with van der Waals surface area (Å²) in [6.45, 7) is 0. The molecule has 0 atom stereocenters. The Morgan fingerprint density at radius 2 is 1.67 bits per heavy atom. The van der Waals surface area contributed by atoms with Gasteiger partial charge in [-0.05, 0) is 43.9 Å². The van der Waals surface area contributed by atoms with Gasteiger partial charge in [0.25, 0.3) is 5.56 Å². The topological polar surface area (TPSA) is 67.5 Å². The molecule has 126 valence electrons. The summed E-state index contributed by atoms with van der Waals surface area (Å²) in [5.41, 5.74) is 0.420. The third-order valence-corrected chi connectivity index (χ3v) is 3.59. The largest absolute Gasteiger partial charge is 0.407 e. The minimum atomic E-state index is -3.27. The van der Waals surface area contributed by atoms with Crippen LogP contribution in [0, 0.1) is 0 Å². The van der Waals surface area contributed by atoms with Gasteiger partial charge in [-0.2, -0.15) is 0 Å². The second kappa shape index (κ2) is 6.07. The SMILES string of the molecule is Cn1cnc2c(=O)n(-c3ccc(C(OF)(OF)OF)cc3)ccc21. The molecule has 10 heteroatoms. The number of hydrogen-bond acceptors (Lipinski definition) is 5. The third-order valence-electron chi connectivity index (χ3n) is 3.59. The van der Waals surface area contributed by atoms with E-state index in [2.05, 4.69) is 19.8 Å². The quantitative estimate of drug-likeness (QED) is 0.667. The molecular formula is C14H10F3N3O4. The Bertz CT molecular complexity index is 911. The van der Waals surface area contributed by atoms with E-state index in [1.807, 2.05) is 0 Å². The van der Waals surface area contributed by atoms with Gasteiger partial charge in [0.15, 0.2) is 5.52 Å². The van der Waals surface area contributed by atoms with Gasteiger partial charge in [-0.15, -0.1) is 14.8 Å². The Morgan fingerprint density at radius 3 is 2.25 bits per heavy atom. The van der Waals surface area contributed by atoms with E-state index in [1.54, 1.807) is 17.7 Å². The summed E-state index contributed by atoms with van der Waals surface area (Å²) in [7, 11) is 1.75. The van der Waals surface area contributed by atoms with Crippen LogP contribution in [0.3, 0.4) is 0 Å². The number of imidazole rings is 1. The van der Waals surface area contributed by atoms with E-state index in [-0.39, 0.29) is 5.52 Å². The lowest BCUT2D eigenvalue weighted by Crippen LogP contribution is -2.29. The van der Waals surface area contributed by atoms with E-state index in [0.29, 0.717) is 11.2 Å². The zero-order valence-corrected chi connectivity index (χ0v) is 12.1. The van der Waals surface area contributed by atoms with E-state index in [9.17, 15) is 18.4 Å². The molecule has 0 radical (unpaired) electrons. The van der Waals surface area contributed by atoms with Crippen LogP contribution in [0.5, 0.6) is 0 Å². The fraction of sp³-hybridized carbons (Fsp3) is 0.143. The molecule has 0 fully saturated rings. The Labute approximate surface area is 132 Å². The number of aromatic nitrogens is 3. The minimum absolute atomic E-state index is 0.254. The van der Waals surface area contributed by atoms with Crippen molar-refractivity contribution >= 4 is 11.0 Å². The van der Waals surface area contributed by atoms with Crippen LogP contribution < -0.4 is 5.56 Å². The molecule has 0 N–H and O–H groups in total. The molecule has 0 unspecified atom stereocenters. The van der Waals surface area contributed by atoms with Gasteiger partial charge in [0.1, 0.15) is 0 Å². The van der Waals surface area contributed by atoms with Gasteiger partial charge in [0.05, 0.1) is 11.8 Å². The molecule has 0 aliphatic heterocycles. The monoisotopic (exact) mass is 341 g/mol. The van der Waals surface area contributed by atoms with Gasteiger partial charge in [-0.1, -0.05) is 0 Å². The van der Waals surface area contributed by atoms with Gasteiger partial charge < -0.3 is 4.57 Å². The molecule has 0 amide bonds. The van der Waals surface area contributed by atoms with Gasteiger partial charge in [0.2, 0.25) is 0 Å². The Morgan fingerprint density at radius 1 is 1.04 bits per heavy atom. The van der Waals surface area contributed by atoms with Crippen molar-refractivity contribution in [3.8, 4) is 5.69 Å². The van der Waals surface area contributed by atoms with Gasteiger partial charge >= 0.3 is 5.97 Å². The highest BCUT2D eigenvalue weighted by molar-refractivity contribution is 5.74. The molecular weight excluding hydrogens is 331 g/mol. The van der Waals surface area contributed by atoms with Crippen LogP contribution in [-0.2, 0) is 27.8 Å². The first-order chi connectivity index (χ1) is 11.6. The summed E-state index contributed by atoms with van der Waals surface area (Å²) in [5, 5.41) is 0. The van der Waals surface area contributed by atoms with Crippen molar-refractivity contribution in [1.82, 2.24) is 14.1 Å². The predicted octanol–water partition coefficient (Wildman–Crippen LogP) is 2.54. The van der Waals surface area contributed by atoms with Gasteiger partial charge in [-0.3, -0.25) is 9.36 Å². The predicted molar refractivity (Wildman–Crippen MR) is 74.6 cm³/mol. The molecule has 0 spiro atoms. The second-order valence-electron chi connectivity index (χ2n) is 4.91. The molecule has 7 nitrogen and oxygen atoms in total. The molecule has 2 heterocycles. The van der Waals surface area contributed by atoms with E-state index in [4.69, 9.17) is 0 Å². The second-order valence-corrected chi connectivity index (χ2v) is 4.91. The lowest BCUT2D eigenvalue weighted by Gasteiger charge is -2.19. The molecule has 0 saturated heterocycles. The van der Waals surface area contributed by atoms with Crippen LogP contribution in [-0.4, -0.2) is 14.1 Å². The maximum atomic E-state index is 12.4. The van der Waals surface area contributed by atoms with Crippen molar-refractivity contribution in [2.45, 2.75) is 5.97 Å². The lowest BCUT2D eigenvalue weighted by atomic mass is 10.1. The summed E-state index contributed by atoms with van der Waals surface area (Å²) in [5.74, 6) is -3.27. The van der Waals surface area contributed by atoms with Crippen LogP contribution >= 0.6 is 0 Å². The maximum absolute atomic E-state index is 12.4. The lowest BCUT2D eigenvalue weighted by molar-refractivity contribution is -0.560. The highest BCUT2D eigenvalue weighted by Gasteiger charge is 2.41. The molecule has 3 aromatic rings. The third kappa shape index (κ3) is 2.37. The van der Waals surface area contributed by atoms with Crippen molar-refractivity contribution in [3.05, 3.63) is 58.8 Å². The van der Waals surface area contributed by atoms with Crippen molar-refractivity contribution in [1.29, 1.82) is 0 Å². The molecule has 3 rings (SSSR count). The van der Waals surface area contributed by atoms with Crippen LogP contribution in [0.4, 0.5) is 13.6 Å². The average Bonchev–Trinajstić information content (AvgIpc) is 3.00. The van der Waals surface area contributed by atoms with Crippen molar-refractivity contribution < 1.29 is 28.4 Å². The number of rotatable bonds is 5. The highest BCUT2D eigenvalue weighted by atomic mass is 19.3. The number of aryl methyl sites for hydroxylation is 1. The molecule has 0 aliphatic rings. The van der Waals surface area contributed by atoms with Crippen LogP contribution in [0.25, 0.3) is 16.7 Å². The van der Waals surface area contributed by atoms with Crippen molar-refractivity contribution in [3.63, 3.8) is 0 Å². The van der Waals surface area contributed by atoms with Gasteiger partial charge in [0, 0.05) is 24.5 Å². The van der Waals surface area contributed by atoms with Crippen molar-refractivity contribution in [2.24, 2.45) is 7.05 Å². The fourth-order valence-electron chi connectivity index (χ4n) is 2.33.